The first-order valence-corrected chi connectivity index (χ1v) is 6.46. The summed E-state index contributed by atoms with van der Waals surface area (Å²) in [6.45, 7) is 10.7. The maximum Gasteiger partial charge on any atom is 0.157 e. The zero-order valence-electron chi connectivity index (χ0n) is 11.0. The molecule has 0 N–H and O–H groups in total. The average molecular weight is 224 g/mol. The first-order chi connectivity index (χ1) is 7.57. The predicted octanol–water partition coefficient (Wildman–Crippen LogP) is 3.52. The van der Waals surface area contributed by atoms with Gasteiger partial charge in [0.1, 0.15) is 0 Å². The minimum atomic E-state index is 0.0325. The second-order valence-electron chi connectivity index (χ2n) is 5.66. The Hall–Kier alpha value is -0.340. The third kappa shape index (κ3) is 2.05. The van der Waals surface area contributed by atoms with Gasteiger partial charge in [-0.05, 0) is 39.0 Å². The van der Waals surface area contributed by atoms with Crippen molar-refractivity contribution >= 4 is 0 Å². The maximum absolute atomic E-state index is 5.83. The normalized spacial score (nSPS) is 40.5. The van der Waals surface area contributed by atoms with Crippen LogP contribution < -0.4 is 0 Å². The Labute approximate surface area is 99.0 Å². The summed E-state index contributed by atoms with van der Waals surface area (Å²) in [5.41, 5.74) is 3.35. The predicted molar refractivity (Wildman–Crippen MR) is 65.2 cm³/mol. The van der Waals surface area contributed by atoms with Crippen LogP contribution in [0, 0.1) is 11.3 Å². The lowest BCUT2D eigenvalue weighted by atomic mass is 9.66. The third-order valence-corrected chi connectivity index (χ3v) is 4.45. The molecule has 0 aromatic carbocycles. The zero-order valence-corrected chi connectivity index (χ0v) is 11.0. The summed E-state index contributed by atoms with van der Waals surface area (Å²) < 4.78 is 11.7. The van der Waals surface area contributed by atoms with E-state index in [9.17, 15) is 0 Å². The van der Waals surface area contributed by atoms with E-state index in [0.29, 0.717) is 5.92 Å². The molecule has 2 aliphatic rings. The second-order valence-corrected chi connectivity index (χ2v) is 5.66. The van der Waals surface area contributed by atoms with Gasteiger partial charge in [0.2, 0.25) is 0 Å². The zero-order chi connectivity index (χ0) is 11.8. The van der Waals surface area contributed by atoms with E-state index in [0.717, 1.165) is 26.1 Å². The lowest BCUT2D eigenvalue weighted by Crippen LogP contribution is -2.47. The summed E-state index contributed by atoms with van der Waals surface area (Å²) in [4.78, 5) is 0. The van der Waals surface area contributed by atoms with E-state index in [1.807, 2.05) is 0 Å². The van der Waals surface area contributed by atoms with Crippen LogP contribution in [0.25, 0.3) is 0 Å². The molecule has 0 aromatic heterocycles. The van der Waals surface area contributed by atoms with Crippen LogP contribution in [-0.4, -0.2) is 19.5 Å². The van der Waals surface area contributed by atoms with E-state index < -0.39 is 0 Å². The van der Waals surface area contributed by atoms with Gasteiger partial charge in [0.25, 0.3) is 0 Å². The van der Waals surface area contributed by atoms with Crippen LogP contribution in [0.2, 0.25) is 0 Å². The Morgan fingerprint density at radius 1 is 1.19 bits per heavy atom. The number of hydrogen-bond donors (Lipinski definition) is 0. The van der Waals surface area contributed by atoms with Gasteiger partial charge in [0.05, 0.1) is 13.2 Å². The largest absolute Gasteiger partial charge is 0.352 e. The topological polar surface area (TPSA) is 18.5 Å². The highest BCUT2D eigenvalue weighted by atomic mass is 16.7. The fraction of sp³-hybridized carbons (Fsp3) is 0.857. The van der Waals surface area contributed by atoms with Crippen molar-refractivity contribution < 1.29 is 9.47 Å². The van der Waals surface area contributed by atoms with E-state index in [4.69, 9.17) is 9.47 Å². The molecule has 1 unspecified atom stereocenters. The summed E-state index contributed by atoms with van der Waals surface area (Å²) in [7, 11) is 0. The standard InChI is InChI=1S/C14H24O2/c1-5-13-15-8-14(9-16-13)7-11(3)10(2)6-12(14)4/h12-13H,5-9H2,1-4H3. The molecule has 0 aromatic rings. The summed E-state index contributed by atoms with van der Waals surface area (Å²) in [5, 5.41) is 0. The monoisotopic (exact) mass is 224 g/mol. The lowest BCUT2D eigenvalue weighted by molar-refractivity contribution is -0.241. The van der Waals surface area contributed by atoms with Crippen molar-refractivity contribution in [2.45, 2.75) is 53.2 Å². The Kier molecular flexibility index (Phi) is 3.41. The van der Waals surface area contributed by atoms with Crippen molar-refractivity contribution in [3.8, 4) is 0 Å². The molecule has 1 atom stereocenters. The van der Waals surface area contributed by atoms with Crippen LogP contribution in [0.15, 0.2) is 11.1 Å². The summed E-state index contributed by atoms with van der Waals surface area (Å²) in [6, 6.07) is 0. The van der Waals surface area contributed by atoms with Crippen molar-refractivity contribution in [3.05, 3.63) is 11.1 Å². The lowest BCUT2D eigenvalue weighted by Gasteiger charge is -2.47. The fourth-order valence-electron chi connectivity index (χ4n) is 2.93. The fourth-order valence-corrected chi connectivity index (χ4v) is 2.93. The van der Waals surface area contributed by atoms with Gasteiger partial charge < -0.3 is 9.47 Å². The van der Waals surface area contributed by atoms with Crippen LogP contribution >= 0.6 is 0 Å². The van der Waals surface area contributed by atoms with Gasteiger partial charge in [0.15, 0.2) is 6.29 Å². The molecule has 1 spiro atoms. The highest BCUT2D eigenvalue weighted by Gasteiger charge is 2.43. The quantitative estimate of drug-likeness (QED) is 0.634. The van der Waals surface area contributed by atoms with Crippen LogP contribution in [-0.2, 0) is 9.47 Å². The van der Waals surface area contributed by atoms with Crippen molar-refractivity contribution in [2.75, 3.05) is 13.2 Å². The highest BCUT2D eigenvalue weighted by Crippen LogP contribution is 2.46. The second kappa shape index (κ2) is 4.50. The molecular formula is C14H24O2. The van der Waals surface area contributed by atoms with E-state index >= 15 is 0 Å². The minimum absolute atomic E-state index is 0.0325. The number of allylic oxidation sites excluding steroid dienone is 2. The van der Waals surface area contributed by atoms with Gasteiger partial charge in [-0.2, -0.15) is 0 Å². The van der Waals surface area contributed by atoms with Crippen molar-refractivity contribution in [2.24, 2.45) is 11.3 Å². The highest BCUT2D eigenvalue weighted by molar-refractivity contribution is 5.18. The molecule has 2 heteroatoms. The first kappa shape index (κ1) is 12.1. The van der Waals surface area contributed by atoms with Crippen LogP contribution in [0.1, 0.15) is 47.0 Å². The summed E-state index contributed by atoms with van der Waals surface area (Å²) >= 11 is 0. The van der Waals surface area contributed by atoms with Gasteiger partial charge in [-0.25, -0.2) is 0 Å². The first-order valence-electron chi connectivity index (χ1n) is 6.46. The van der Waals surface area contributed by atoms with Crippen LogP contribution in [0.3, 0.4) is 0 Å². The molecular weight excluding hydrogens is 200 g/mol. The van der Waals surface area contributed by atoms with E-state index in [-0.39, 0.29) is 11.7 Å². The molecule has 16 heavy (non-hydrogen) atoms. The molecule has 1 aliphatic carbocycles. The van der Waals surface area contributed by atoms with Gasteiger partial charge in [-0.15, -0.1) is 0 Å². The Balaban J connectivity index is 2.09. The molecule has 1 aliphatic heterocycles. The van der Waals surface area contributed by atoms with E-state index in [1.165, 1.54) is 6.42 Å². The van der Waals surface area contributed by atoms with Crippen LogP contribution in [0.5, 0.6) is 0 Å². The maximum atomic E-state index is 5.83. The van der Waals surface area contributed by atoms with Crippen LogP contribution in [0.4, 0.5) is 0 Å². The van der Waals surface area contributed by atoms with Gasteiger partial charge in [-0.3, -0.25) is 0 Å². The van der Waals surface area contributed by atoms with Crippen molar-refractivity contribution in [1.29, 1.82) is 0 Å². The molecule has 0 amide bonds. The molecule has 1 fully saturated rings. The average Bonchev–Trinajstić information content (AvgIpc) is 2.28. The third-order valence-electron chi connectivity index (χ3n) is 4.45. The number of ether oxygens (including phenoxy) is 2. The summed E-state index contributed by atoms with van der Waals surface area (Å²) in [5.74, 6) is 0.675. The molecule has 1 heterocycles. The van der Waals surface area contributed by atoms with Gasteiger partial charge in [-0.1, -0.05) is 25.0 Å². The molecule has 2 rings (SSSR count). The van der Waals surface area contributed by atoms with Crippen molar-refractivity contribution in [3.63, 3.8) is 0 Å². The molecule has 0 saturated carbocycles. The number of hydrogen-bond acceptors (Lipinski definition) is 2. The Morgan fingerprint density at radius 2 is 1.81 bits per heavy atom. The van der Waals surface area contributed by atoms with Crippen molar-refractivity contribution in [1.82, 2.24) is 0 Å². The Bertz CT molecular complexity index is 285. The smallest absolute Gasteiger partial charge is 0.157 e. The molecule has 0 radical (unpaired) electrons. The number of rotatable bonds is 1. The van der Waals surface area contributed by atoms with E-state index in [2.05, 4.69) is 27.7 Å². The van der Waals surface area contributed by atoms with Gasteiger partial charge in [0, 0.05) is 5.41 Å². The SMILES string of the molecule is CCC1OCC2(CO1)CC(C)=C(C)CC2C. The summed E-state index contributed by atoms with van der Waals surface area (Å²) in [6.07, 6.45) is 3.34. The molecule has 92 valence electrons. The van der Waals surface area contributed by atoms with Gasteiger partial charge >= 0.3 is 0 Å². The van der Waals surface area contributed by atoms with E-state index in [1.54, 1.807) is 11.1 Å². The molecule has 2 nitrogen and oxygen atoms in total. The minimum Gasteiger partial charge on any atom is -0.352 e. The molecule has 1 saturated heterocycles. The molecule has 0 bridgehead atoms. The Morgan fingerprint density at radius 3 is 2.38 bits per heavy atom.